The molecule has 0 bridgehead atoms. The first-order valence-corrected chi connectivity index (χ1v) is 6.77. The van der Waals surface area contributed by atoms with E-state index in [0.29, 0.717) is 10.2 Å². The van der Waals surface area contributed by atoms with Crippen LogP contribution in [0.2, 0.25) is 0 Å². The van der Waals surface area contributed by atoms with Crippen LogP contribution in [-0.4, -0.2) is 40.1 Å². The Morgan fingerprint density at radius 1 is 1.14 bits per heavy atom. The number of hydrogen-bond donors (Lipinski definition) is 0. The third-order valence-corrected chi connectivity index (χ3v) is 2.86. The van der Waals surface area contributed by atoms with Gasteiger partial charge in [0.05, 0.1) is 18.6 Å². The van der Waals surface area contributed by atoms with Gasteiger partial charge in [0, 0.05) is 0 Å². The zero-order valence-electron chi connectivity index (χ0n) is 12.2. The minimum Gasteiger partial charge on any atom is -0.464 e. The summed E-state index contributed by atoms with van der Waals surface area (Å²) in [5.74, 6) is -1.82. The first-order valence-electron chi connectivity index (χ1n) is 6.77. The molecule has 0 aliphatic heterocycles. The molecule has 0 atom stereocenters. The highest BCUT2D eigenvalue weighted by Crippen LogP contribution is 2.10. The van der Waals surface area contributed by atoms with Crippen LogP contribution in [0.15, 0.2) is 29.1 Å². The number of esters is 2. The van der Waals surface area contributed by atoms with Crippen LogP contribution in [0.1, 0.15) is 19.9 Å². The number of carbonyl (C=O) groups excluding carboxylic acids is 2. The molecule has 8 heteroatoms. The summed E-state index contributed by atoms with van der Waals surface area (Å²) in [5.41, 5.74) is -0.244. The molecule has 0 unspecified atom stereocenters. The molecule has 0 aliphatic rings. The van der Waals surface area contributed by atoms with Crippen molar-refractivity contribution < 1.29 is 19.1 Å². The largest absolute Gasteiger partial charge is 0.464 e. The van der Waals surface area contributed by atoms with Crippen LogP contribution in [0.3, 0.4) is 0 Å². The Balaban J connectivity index is 2.56. The number of ether oxygens (including phenoxy) is 2. The predicted molar refractivity (Wildman–Crippen MR) is 76.1 cm³/mol. The van der Waals surface area contributed by atoms with E-state index in [2.05, 4.69) is 10.3 Å². The van der Waals surface area contributed by atoms with Gasteiger partial charge in [0.1, 0.15) is 5.52 Å². The molecule has 0 radical (unpaired) electrons. The molecule has 0 aliphatic carbocycles. The highest BCUT2D eigenvalue weighted by molar-refractivity contribution is 5.97. The molecule has 0 saturated carbocycles. The normalized spacial score (nSPS) is 10.7. The maximum absolute atomic E-state index is 12.4. The van der Waals surface area contributed by atoms with Crippen molar-refractivity contribution in [3.05, 3.63) is 34.6 Å². The number of hydrogen-bond acceptors (Lipinski definition) is 7. The monoisotopic (exact) mass is 305 g/mol. The Morgan fingerprint density at radius 2 is 1.73 bits per heavy atom. The lowest BCUT2D eigenvalue weighted by molar-refractivity contribution is -0.161. The van der Waals surface area contributed by atoms with Crippen LogP contribution in [0.4, 0.5) is 0 Å². The molecule has 0 N–H and O–H groups in total. The summed E-state index contributed by atoms with van der Waals surface area (Å²) in [4.78, 5) is 36.4. The molecular formula is C14H15N3O5. The zero-order chi connectivity index (χ0) is 16.1. The summed E-state index contributed by atoms with van der Waals surface area (Å²) in [7, 11) is 0. The van der Waals surface area contributed by atoms with Crippen molar-refractivity contribution in [3.8, 4) is 0 Å². The first-order chi connectivity index (χ1) is 10.6. The lowest BCUT2D eigenvalue weighted by atomic mass is 10.2. The molecular weight excluding hydrogens is 290 g/mol. The molecule has 2 rings (SSSR count). The van der Waals surface area contributed by atoms with Gasteiger partial charge in [-0.05, 0) is 26.0 Å². The molecule has 0 saturated heterocycles. The molecule has 0 amide bonds. The van der Waals surface area contributed by atoms with Gasteiger partial charge in [0.25, 0.3) is 11.6 Å². The Hall–Kier alpha value is -2.77. The summed E-state index contributed by atoms with van der Waals surface area (Å²) >= 11 is 0. The summed E-state index contributed by atoms with van der Waals surface area (Å²) in [6.45, 7) is 3.30. The van der Waals surface area contributed by atoms with Gasteiger partial charge >= 0.3 is 11.9 Å². The smallest absolute Gasteiger partial charge is 0.342 e. The van der Waals surface area contributed by atoms with Crippen molar-refractivity contribution in [1.82, 2.24) is 15.0 Å². The number of nitrogens with zero attached hydrogens (tertiary/aromatic N) is 3. The Bertz CT molecular complexity index is 737. The topological polar surface area (TPSA) is 100 Å². The van der Waals surface area contributed by atoms with E-state index in [1.54, 1.807) is 32.0 Å². The Morgan fingerprint density at radius 3 is 2.32 bits per heavy atom. The van der Waals surface area contributed by atoms with Crippen molar-refractivity contribution in [3.63, 3.8) is 0 Å². The van der Waals surface area contributed by atoms with Crippen molar-refractivity contribution in [2.24, 2.45) is 0 Å². The number of aromatic nitrogens is 3. The van der Waals surface area contributed by atoms with Gasteiger partial charge in [0.2, 0.25) is 0 Å². The Kier molecular flexibility index (Phi) is 4.82. The third-order valence-electron chi connectivity index (χ3n) is 2.86. The van der Waals surface area contributed by atoms with Gasteiger partial charge < -0.3 is 9.47 Å². The van der Waals surface area contributed by atoms with Gasteiger partial charge in [-0.2, -0.15) is 4.68 Å². The van der Waals surface area contributed by atoms with E-state index in [4.69, 9.17) is 9.47 Å². The lowest BCUT2D eigenvalue weighted by Crippen LogP contribution is -2.39. The molecule has 8 nitrogen and oxygen atoms in total. The number of benzene rings is 1. The maximum Gasteiger partial charge on any atom is 0.342 e. The minimum atomic E-state index is -1.61. The van der Waals surface area contributed by atoms with Gasteiger partial charge in [-0.25, -0.2) is 9.59 Å². The molecule has 2 aromatic rings. The summed E-state index contributed by atoms with van der Waals surface area (Å²) in [6, 6.07) is 4.90. The number of carbonyl (C=O) groups is 2. The van der Waals surface area contributed by atoms with Crippen LogP contribution in [0.25, 0.3) is 10.9 Å². The average molecular weight is 305 g/mol. The fourth-order valence-corrected chi connectivity index (χ4v) is 1.91. The lowest BCUT2D eigenvalue weighted by Gasteiger charge is -2.15. The molecule has 1 aromatic carbocycles. The van der Waals surface area contributed by atoms with E-state index in [9.17, 15) is 14.4 Å². The summed E-state index contributed by atoms with van der Waals surface area (Å²) < 4.78 is 10.3. The standard InChI is InChI=1S/C14H15N3O5/c1-3-21-13(19)11(14(20)22-4-2)17-12(18)9-7-5-6-8-10(9)15-16-17/h5-8,11H,3-4H2,1-2H3. The predicted octanol–water partition coefficient (Wildman–Crippen LogP) is 0.459. The molecule has 1 aromatic heterocycles. The summed E-state index contributed by atoms with van der Waals surface area (Å²) in [5, 5.41) is 7.76. The van der Waals surface area contributed by atoms with Crippen LogP contribution < -0.4 is 5.56 Å². The van der Waals surface area contributed by atoms with Crippen LogP contribution in [-0.2, 0) is 19.1 Å². The van der Waals surface area contributed by atoms with E-state index in [1.807, 2.05) is 0 Å². The van der Waals surface area contributed by atoms with Crippen molar-refractivity contribution in [2.75, 3.05) is 13.2 Å². The van der Waals surface area contributed by atoms with E-state index in [-0.39, 0.29) is 18.6 Å². The van der Waals surface area contributed by atoms with E-state index in [0.717, 1.165) is 0 Å². The summed E-state index contributed by atoms with van der Waals surface area (Å²) in [6.07, 6.45) is 0. The molecule has 0 fully saturated rings. The molecule has 22 heavy (non-hydrogen) atoms. The first kappa shape index (κ1) is 15.6. The van der Waals surface area contributed by atoms with Crippen LogP contribution in [0.5, 0.6) is 0 Å². The number of fused-ring (bicyclic) bond motifs is 1. The van der Waals surface area contributed by atoms with Crippen molar-refractivity contribution >= 4 is 22.8 Å². The minimum absolute atomic E-state index is 0.0600. The van der Waals surface area contributed by atoms with Gasteiger partial charge in [-0.3, -0.25) is 4.79 Å². The second-order valence-corrected chi connectivity index (χ2v) is 4.26. The second kappa shape index (κ2) is 6.79. The average Bonchev–Trinajstić information content (AvgIpc) is 2.51. The van der Waals surface area contributed by atoms with Crippen LogP contribution in [0, 0.1) is 0 Å². The fourth-order valence-electron chi connectivity index (χ4n) is 1.91. The zero-order valence-corrected chi connectivity index (χ0v) is 12.2. The van der Waals surface area contributed by atoms with Gasteiger partial charge in [0.15, 0.2) is 0 Å². The molecule has 1 heterocycles. The van der Waals surface area contributed by atoms with Crippen LogP contribution >= 0.6 is 0 Å². The van der Waals surface area contributed by atoms with E-state index >= 15 is 0 Å². The van der Waals surface area contributed by atoms with Crippen molar-refractivity contribution in [2.45, 2.75) is 19.9 Å². The van der Waals surface area contributed by atoms with E-state index in [1.165, 1.54) is 6.07 Å². The highest BCUT2D eigenvalue weighted by atomic mass is 16.6. The van der Waals surface area contributed by atoms with Gasteiger partial charge in [-0.1, -0.05) is 17.3 Å². The molecule has 0 spiro atoms. The number of rotatable bonds is 5. The van der Waals surface area contributed by atoms with E-state index < -0.39 is 23.5 Å². The fraction of sp³-hybridized carbons (Fsp3) is 0.357. The van der Waals surface area contributed by atoms with Crippen molar-refractivity contribution in [1.29, 1.82) is 0 Å². The SMILES string of the molecule is CCOC(=O)C(C(=O)OCC)n1nnc2ccccc2c1=O. The second-order valence-electron chi connectivity index (χ2n) is 4.26. The molecule has 116 valence electrons. The maximum atomic E-state index is 12.4. The Labute approximate surface area is 125 Å². The third kappa shape index (κ3) is 2.95. The van der Waals surface area contributed by atoms with Gasteiger partial charge in [-0.15, -0.1) is 5.10 Å². The quantitative estimate of drug-likeness (QED) is 0.584. The highest BCUT2D eigenvalue weighted by Gasteiger charge is 2.34.